The summed E-state index contributed by atoms with van der Waals surface area (Å²) in [5.41, 5.74) is 3.30. The van der Waals surface area contributed by atoms with Crippen LogP contribution >= 0.6 is 11.6 Å². The van der Waals surface area contributed by atoms with Crippen molar-refractivity contribution < 1.29 is 0 Å². The average molecular weight is 277 g/mol. The highest BCUT2D eigenvalue weighted by Crippen LogP contribution is 2.59. The molecule has 0 aromatic heterocycles. The van der Waals surface area contributed by atoms with Crippen molar-refractivity contribution in [3.05, 3.63) is 35.4 Å². The summed E-state index contributed by atoms with van der Waals surface area (Å²) in [6.07, 6.45) is 8.25. The van der Waals surface area contributed by atoms with Crippen LogP contribution in [0.15, 0.2) is 24.3 Å². The van der Waals surface area contributed by atoms with E-state index in [-0.39, 0.29) is 5.38 Å². The van der Waals surface area contributed by atoms with Crippen LogP contribution in [0.3, 0.4) is 0 Å². The Morgan fingerprint density at radius 1 is 1.05 bits per heavy atom. The second-order valence-corrected chi connectivity index (χ2v) is 7.67. The fourth-order valence-corrected chi connectivity index (χ4v) is 4.20. The fourth-order valence-electron chi connectivity index (χ4n) is 3.63. The normalized spacial score (nSPS) is 28.1. The van der Waals surface area contributed by atoms with Crippen LogP contribution < -0.4 is 0 Å². The van der Waals surface area contributed by atoms with Crippen molar-refractivity contribution in [3.8, 4) is 0 Å². The average Bonchev–Trinajstić information content (AvgIpc) is 3.08. The molecule has 2 saturated carbocycles. The molecule has 0 aliphatic heterocycles. The minimum absolute atomic E-state index is 0.204. The maximum absolute atomic E-state index is 6.63. The number of hydrogen-bond donors (Lipinski definition) is 0. The van der Waals surface area contributed by atoms with E-state index in [1.807, 2.05) is 0 Å². The quantitative estimate of drug-likeness (QED) is 0.589. The molecule has 0 spiro atoms. The molecule has 0 saturated heterocycles. The number of alkyl halides is 1. The molecule has 1 aromatic carbocycles. The Bertz CT molecular complexity index is 426. The van der Waals surface area contributed by atoms with Crippen molar-refractivity contribution in [3.63, 3.8) is 0 Å². The number of rotatable bonds is 3. The van der Waals surface area contributed by atoms with E-state index in [1.54, 1.807) is 0 Å². The molecule has 0 amide bonds. The third-order valence-electron chi connectivity index (χ3n) is 5.27. The number of halogens is 1. The molecule has 0 radical (unpaired) electrons. The van der Waals surface area contributed by atoms with Gasteiger partial charge >= 0.3 is 0 Å². The van der Waals surface area contributed by atoms with E-state index in [0.29, 0.717) is 11.3 Å². The topological polar surface area (TPSA) is 0 Å². The Morgan fingerprint density at radius 3 is 2.16 bits per heavy atom. The standard InChI is InChI=1S/C18H25Cl/c1-18(2)12-16(18)17(19)15-10-8-14(9-11-15)13-6-4-3-5-7-13/h8-11,13,16-17H,3-7,12H2,1-2H3. The molecule has 2 unspecified atom stereocenters. The molecular weight excluding hydrogens is 252 g/mol. The first-order valence-corrected chi connectivity index (χ1v) is 8.25. The van der Waals surface area contributed by atoms with Gasteiger partial charge in [0, 0.05) is 0 Å². The molecule has 2 aliphatic carbocycles. The Labute approximate surface area is 122 Å². The van der Waals surface area contributed by atoms with Gasteiger partial charge in [-0.25, -0.2) is 0 Å². The van der Waals surface area contributed by atoms with Crippen LogP contribution in [0.5, 0.6) is 0 Å². The lowest BCUT2D eigenvalue weighted by Crippen LogP contribution is -2.05. The molecular formula is C18H25Cl. The molecule has 2 atom stereocenters. The van der Waals surface area contributed by atoms with Crippen LogP contribution in [0.4, 0.5) is 0 Å². The Hall–Kier alpha value is -0.490. The molecule has 0 N–H and O–H groups in total. The number of benzene rings is 1. The van der Waals surface area contributed by atoms with Crippen molar-refractivity contribution in [1.82, 2.24) is 0 Å². The van der Waals surface area contributed by atoms with Crippen LogP contribution in [-0.4, -0.2) is 0 Å². The van der Waals surface area contributed by atoms with Crippen molar-refractivity contribution in [1.29, 1.82) is 0 Å². The van der Waals surface area contributed by atoms with Gasteiger partial charge in [0.2, 0.25) is 0 Å². The second kappa shape index (κ2) is 5.13. The smallest absolute Gasteiger partial charge is 0.0618 e. The third kappa shape index (κ3) is 2.84. The summed E-state index contributed by atoms with van der Waals surface area (Å²) in [6.45, 7) is 4.65. The molecule has 2 aliphatic rings. The lowest BCUT2D eigenvalue weighted by molar-refractivity contribution is 0.443. The van der Waals surface area contributed by atoms with Crippen LogP contribution in [-0.2, 0) is 0 Å². The number of hydrogen-bond acceptors (Lipinski definition) is 0. The van der Waals surface area contributed by atoms with Gasteiger partial charge in [-0.05, 0) is 47.6 Å². The van der Waals surface area contributed by atoms with Gasteiger partial charge in [0.15, 0.2) is 0 Å². The van der Waals surface area contributed by atoms with Crippen molar-refractivity contribution >= 4 is 11.6 Å². The zero-order valence-corrected chi connectivity index (χ0v) is 12.9. The fraction of sp³-hybridized carbons (Fsp3) is 0.667. The molecule has 2 fully saturated rings. The van der Waals surface area contributed by atoms with E-state index in [9.17, 15) is 0 Å². The summed E-state index contributed by atoms with van der Waals surface area (Å²) in [7, 11) is 0. The van der Waals surface area contributed by atoms with Crippen LogP contribution in [0.2, 0.25) is 0 Å². The minimum Gasteiger partial charge on any atom is -0.117 e. The zero-order chi connectivity index (χ0) is 13.5. The predicted octanol–water partition coefficient (Wildman–Crippen LogP) is 6.06. The SMILES string of the molecule is CC1(C)CC1C(Cl)c1ccc(C2CCCCC2)cc1. The zero-order valence-electron chi connectivity index (χ0n) is 12.2. The molecule has 0 nitrogen and oxygen atoms in total. The molecule has 0 bridgehead atoms. The van der Waals surface area contributed by atoms with Crippen molar-refractivity contribution in [2.75, 3.05) is 0 Å². The van der Waals surface area contributed by atoms with Crippen LogP contribution in [0, 0.1) is 11.3 Å². The minimum atomic E-state index is 0.204. The lowest BCUT2D eigenvalue weighted by Gasteiger charge is -2.22. The Kier molecular flexibility index (Phi) is 3.64. The largest absolute Gasteiger partial charge is 0.117 e. The van der Waals surface area contributed by atoms with Crippen molar-refractivity contribution in [2.45, 2.75) is 63.7 Å². The van der Waals surface area contributed by atoms with Gasteiger partial charge in [0.25, 0.3) is 0 Å². The van der Waals surface area contributed by atoms with Crippen LogP contribution in [0.1, 0.15) is 74.8 Å². The van der Waals surface area contributed by atoms with Gasteiger partial charge < -0.3 is 0 Å². The molecule has 1 aromatic rings. The summed E-state index contributed by atoms with van der Waals surface area (Å²) in [4.78, 5) is 0. The van der Waals surface area contributed by atoms with Gasteiger partial charge in [-0.1, -0.05) is 57.4 Å². The molecule has 19 heavy (non-hydrogen) atoms. The maximum atomic E-state index is 6.63. The first-order chi connectivity index (χ1) is 9.08. The second-order valence-electron chi connectivity index (χ2n) is 7.20. The van der Waals surface area contributed by atoms with E-state index < -0.39 is 0 Å². The highest BCUT2D eigenvalue weighted by Gasteiger charge is 2.49. The van der Waals surface area contributed by atoms with E-state index in [1.165, 1.54) is 49.7 Å². The summed E-state index contributed by atoms with van der Waals surface area (Å²) >= 11 is 6.63. The van der Waals surface area contributed by atoms with Gasteiger partial charge in [0.1, 0.15) is 0 Å². The first kappa shape index (κ1) is 13.5. The van der Waals surface area contributed by atoms with Crippen LogP contribution in [0.25, 0.3) is 0 Å². The van der Waals surface area contributed by atoms with E-state index in [0.717, 1.165) is 5.92 Å². The van der Waals surface area contributed by atoms with Gasteiger partial charge in [-0.3, -0.25) is 0 Å². The van der Waals surface area contributed by atoms with Crippen molar-refractivity contribution in [2.24, 2.45) is 11.3 Å². The monoisotopic (exact) mass is 276 g/mol. The van der Waals surface area contributed by atoms with E-state index >= 15 is 0 Å². The molecule has 3 rings (SSSR count). The predicted molar refractivity (Wildman–Crippen MR) is 82.8 cm³/mol. The maximum Gasteiger partial charge on any atom is 0.0618 e. The Balaban J connectivity index is 1.68. The lowest BCUT2D eigenvalue weighted by atomic mass is 9.84. The molecule has 1 heteroatoms. The van der Waals surface area contributed by atoms with E-state index in [2.05, 4.69) is 38.1 Å². The molecule has 104 valence electrons. The van der Waals surface area contributed by atoms with E-state index in [4.69, 9.17) is 11.6 Å². The summed E-state index contributed by atoms with van der Waals surface area (Å²) in [5, 5.41) is 0.204. The summed E-state index contributed by atoms with van der Waals surface area (Å²) in [5.74, 6) is 1.46. The van der Waals surface area contributed by atoms with Gasteiger partial charge in [-0.15, -0.1) is 11.6 Å². The highest BCUT2D eigenvalue weighted by atomic mass is 35.5. The Morgan fingerprint density at radius 2 is 1.63 bits per heavy atom. The highest BCUT2D eigenvalue weighted by molar-refractivity contribution is 6.21. The first-order valence-electron chi connectivity index (χ1n) is 7.82. The molecule has 0 heterocycles. The van der Waals surface area contributed by atoms with Gasteiger partial charge in [0.05, 0.1) is 5.38 Å². The summed E-state index contributed by atoms with van der Waals surface area (Å²) < 4.78 is 0. The van der Waals surface area contributed by atoms with Gasteiger partial charge in [-0.2, -0.15) is 0 Å². The summed E-state index contributed by atoms with van der Waals surface area (Å²) in [6, 6.07) is 9.21. The third-order valence-corrected chi connectivity index (χ3v) is 5.83.